The Morgan fingerprint density at radius 1 is 0.875 bits per heavy atom. The van der Waals surface area contributed by atoms with Gasteiger partial charge in [-0.3, -0.25) is 14.4 Å². The first-order valence-corrected chi connectivity index (χ1v) is 19.4. The number of hydrogen-bond donors (Lipinski definition) is 3. The number of carboxylic acid groups (broad SMARTS) is 1. The lowest BCUT2D eigenvalue weighted by atomic mass is 9.82. The second-order valence-corrected chi connectivity index (χ2v) is 13.6. The smallest absolute Gasteiger partial charge is 0.342 e. The molecule has 3 N–H and O–H groups in total. The number of allylic oxidation sites excluding steroid dienone is 1. The second kappa shape index (κ2) is 27.6. The molecule has 306 valence electrons. The fraction of sp³-hybridized carbons (Fsp3) is 0.523. The lowest BCUT2D eigenvalue weighted by Gasteiger charge is -2.31. The molecular weight excluding hydrogens is 718 g/mol. The van der Waals surface area contributed by atoms with E-state index < -0.39 is 54.6 Å². The monoisotopic (exact) mass is 777 g/mol. The highest BCUT2D eigenvalue weighted by molar-refractivity contribution is 5.95. The number of aliphatic hydroxyl groups is 1. The van der Waals surface area contributed by atoms with E-state index in [2.05, 4.69) is 24.1 Å². The Morgan fingerprint density at radius 2 is 1.54 bits per heavy atom. The zero-order valence-electron chi connectivity index (χ0n) is 33.1. The van der Waals surface area contributed by atoms with Gasteiger partial charge in [0.15, 0.2) is 12.4 Å². The van der Waals surface area contributed by atoms with Gasteiger partial charge in [-0.2, -0.15) is 0 Å². The van der Waals surface area contributed by atoms with Crippen molar-refractivity contribution in [3.8, 4) is 17.6 Å². The van der Waals surface area contributed by atoms with Crippen LogP contribution in [0.3, 0.4) is 0 Å². The number of aliphatic carboxylic acids is 1. The second-order valence-electron chi connectivity index (χ2n) is 13.6. The fourth-order valence-electron chi connectivity index (χ4n) is 5.92. The Kier molecular flexibility index (Phi) is 23.2. The van der Waals surface area contributed by atoms with Crippen LogP contribution in [0.5, 0.6) is 5.75 Å². The van der Waals surface area contributed by atoms with E-state index in [1.807, 2.05) is 6.07 Å². The topological polar surface area (TPSA) is 175 Å². The normalized spacial score (nSPS) is 13.1. The molecule has 12 heteroatoms. The van der Waals surface area contributed by atoms with Crippen molar-refractivity contribution < 1.29 is 53.1 Å². The average molecular weight is 778 g/mol. The molecule has 0 unspecified atom stereocenters. The van der Waals surface area contributed by atoms with Gasteiger partial charge in [-0.25, -0.2) is 9.59 Å². The summed E-state index contributed by atoms with van der Waals surface area (Å²) in [6.45, 7) is 3.51. The predicted octanol–water partition coefficient (Wildman–Crippen LogP) is 6.65. The molecule has 2 rings (SSSR count). The number of esters is 2. The number of hydrogen-bond acceptors (Lipinski definition) is 10. The molecule has 1 amide bonds. The van der Waals surface area contributed by atoms with Gasteiger partial charge in [-0.1, -0.05) is 106 Å². The molecule has 3 atom stereocenters. The molecule has 56 heavy (non-hydrogen) atoms. The van der Waals surface area contributed by atoms with Crippen LogP contribution in [0.2, 0.25) is 0 Å². The summed E-state index contributed by atoms with van der Waals surface area (Å²) in [6.07, 6.45) is 11.9. The largest absolute Gasteiger partial charge is 0.481 e. The van der Waals surface area contributed by atoms with E-state index in [0.717, 1.165) is 57.6 Å². The van der Waals surface area contributed by atoms with Gasteiger partial charge in [0.25, 0.3) is 0 Å². The van der Waals surface area contributed by atoms with Crippen LogP contribution in [0.25, 0.3) is 0 Å². The Balaban J connectivity index is 2.18. The van der Waals surface area contributed by atoms with Gasteiger partial charge in [-0.05, 0) is 55.9 Å². The van der Waals surface area contributed by atoms with E-state index in [4.69, 9.17) is 18.9 Å². The maximum atomic E-state index is 14.0. The molecule has 2 aromatic rings. The Bertz CT molecular complexity index is 1580. The number of carbonyl (C=O) groups is 5. The molecule has 0 saturated heterocycles. The van der Waals surface area contributed by atoms with E-state index in [-0.39, 0.29) is 25.4 Å². The van der Waals surface area contributed by atoms with Gasteiger partial charge < -0.3 is 34.5 Å². The highest BCUT2D eigenvalue weighted by atomic mass is 16.7. The SMILES string of the molecule is CC#CCOc1ccc(C[C@H](NC(=O)[C@@H](/C=C/CCCCCCC(=O)CCCCCCC)[C@@](O)(CC(=O)O)C(=O)OCOCc2ccccc2)C(=O)OC)cc1. The number of unbranched alkanes of at least 4 members (excludes halogenated alkanes) is 8. The summed E-state index contributed by atoms with van der Waals surface area (Å²) in [6, 6.07) is 14.5. The van der Waals surface area contributed by atoms with Crippen molar-refractivity contribution in [3.63, 3.8) is 0 Å². The van der Waals surface area contributed by atoms with Crippen molar-refractivity contribution in [2.75, 3.05) is 20.5 Å². The summed E-state index contributed by atoms with van der Waals surface area (Å²) >= 11 is 0. The highest BCUT2D eigenvalue weighted by Crippen LogP contribution is 2.27. The van der Waals surface area contributed by atoms with Crippen molar-refractivity contribution >= 4 is 29.6 Å². The van der Waals surface area contributed by atoms with Gasteiger partial charge in [0.2, 0.25) is 5.91 Å². The molecule has 0 spiro atoms. The van der Waals surface area contributed by atoms with E-state index in [1.54, 1.807) is 61.5 Å². The van der Waals surface area contributed by atoms with Gasteiger partial charge in [-0.15, -0.1) is 5.92 Å². The van der Waals surface area contributed by atoms with Crippen molar-refractivity contribution in [2.45, 2.75) is 122 Å². The molecule has 2 aromatic carbocycles. The quantitative estimate of drug-likeness (QED) is 0.0265. The summed E-state index contributed by atoms with van der Waals surface area (Å²) < 4.78 is 21.1. The van der Waals surface area contributed by atoms with E-state index in [9.17, 15) is 34.2 Å². The summed E-state index contributed by atoms with van der Waals surface area (Å²) in [5, 5.41) is 24.1. The van der Waals surface area contributed by atoms with Gasteiger partial charge in [0.1, 0.15) is 24.2 Å². The Labute approximate surface area is 331 Å². The molecule has 0 bridgehead atoms. The van der Waals surface area contributed by atoms with Crippen LogP contribution in [0.4, 0.5) is 0 Å². The molecule has 0 heterocycles. The Morgan fingerprint density at radius 3 is 2.16 bits per heavy atom. The third-order valence-corrected chi connectivity index (χ3v) is 9.07. The predicted molar refractivity (Wildman–Crippen MR) is 211 cm³/mol. The van der Waals surface area contributed by atoms with E-state index in [0.29, 0.717) is 37.0 Å². The van der Waals surface area contributed by atoms with Crippen LogP contribution in [0, 0.1) is 17.8 Å². The maximum absolute atomic E-state index is 14.0. The van der Waals surface area contributed by atoms with Gasteiger partial charge >= 0.3 is 17.9 Å². The van der Waals surface area contributed by atoms with Crippen LogP contribution in [-0.2, 0) is 51.2 Å². The van der Waals surface area contributed by atoms with E-state index >= 15 is 0 Å². The standard InChI is InChI=1S/C44H59NO11/c1-4-6-8-11-17-22-36(46)23-18-12-9-10-13-19-24-38(44(52,31-40(47)48)43(51)56-33-54-32-35-20-15-14-16-21-35)41(49)45-39(42(50)53-3)30-34-25-27-37(28-26-34)55-29-7-5-2/h14-16,19-21,24-28,38-39,52H,4,6,8-13,17-18,22-23,29-33H2,1-3H3,(H,45,49)(H,47,48)/b24-19+/t38-,39+,44+/m1/s1. The molecule has 0 radical (unpaired) electrons. The zero-order valence-corrected chi connectivity index (χ0v) is 33.1. The van der Waals surface area contributed by atoms with Crippen molar-refractivity contribution in [1.29, 1.82) is 0 Å². The van der Waals surface area contributed by atoms with Crippen LogP contribution in [0.1, 0.15) is 108 Å². The molecule has 0 aliphatic heterocycles. The van der Waals surface area contributed by atoms with Gasteiger partial charge in [0.05, 0.1) is 26.1 Å². The number of amides is 1. The van der Waals surface area contributed by atoms with Crippen LogP contribution >= 0.6 is 0 Å². The molecule has 12 nitrogen and oxygen atoms in total. The van der Waals surface area contributed by atoms with Crippen molar-refractivity contribution in [3.05, 3.63) is 77.9 Å². The minimum atomic E-state index is -2.87. The lowest BCUT2D eigenvalue weighted by Crippen LogP contribution is -2.56. The number of methoxy groups -OCH3 is 1. The highest BCUT2D eigenvalue weighted by Gasteiger charge is 2.50. The maximum Gasteiger partial charge on any atom is 0.342 e. The number of ketones is 1. The summed E-state index contributed by atoms with van der Waals surface area (Å²) in [4.78, 5) is 64.6. The molecule has 0 saturated carbocycles. The van der Waals surface area contributed by atoms with Crippen LogP contribution < -0.4 is 10.1 Å². The number of carboxylic acids is 1. The number of benzene rings is 2. The number of ether oxygens (including phenoxy) is 4. The van der Waals surface area contributed by atoms with Gasteiger partial charge in [0, 0.05) is 19.3 Å². The van der Waals surface area contributed by atoms with Crippen molar-refractivity contribution in [2.24, 2.45) is 5.92 Å². The van der Waals surface area contributed by atoms with Crippen LogP contribution in [0.15, 0.2) is 66.7 Å². The molecular formula is C44H59NO11. The number of nitrogens with one attached hydrogen (secondary N) is 1. The first-order chi connectivity index (χ1) is 27.0. The third kappa shape index (κ3) is 18.6. The summed E-state index contributed by atoms with van der Waals surface area (Å²) in [5.74, 6) is -0.151. The molecule has 0 fully saturated rings. The first-order valence-electron chi connectivity index (χ1n) is 19.4. The molecule has 0 aromatic heterocycles. The third-order valence-electron chi connectivity index (χ3n) is 9.07. The Hall–Kier alpha value is -4.99. The average Bonchev–Trinajstić information content (AvgIpc) is 3.18. The lowest BCUT2D eigenvalue weighted by molar-refractivity contribution is -0.188. The first kappa shape index (κ1) is 47.2. The summed E-state index contributed by atoms with van der Waals surface area (Å²) in [5.41, 5.74) is -1.46. The minimum absolute atomic E-state index is 0.0274. The van der Waals surface area contributed by atoms with E-state index in [1.165, 1.54) is 12.5 Å². The molecule has 0 aliphatic carbocycles. The number of carbonyl (C=O) groups excluding carboxylic acids is 4. The number of Topliss-reactive ketones (excluding diaryl/α,β-unsaturated/α-hetero) is 1. The number of rotatable bonds is 29. The van der Waals surface area contributed by atoms with Crippen LogP contribution in [-0.4, -0.2) is 72.0 Å². The minimum Gasteiger partial charge on any atom is -0.481 e. The fourth-order valence-corrected chi connectivity index (χ4v) is 5.92. The molecule has 0 aliphatic rings. The summed E-state index contributed by atoms with van der Waals surface area (Å²) in [7, 11) is 1.16. The zero-order chi connectivity index (χ0) is 41.0. The van der Waals surface area contributed by atoms with Crippen molar-refractivity contribution in [1.82, 2.24) is 5.32 Å².